The van der Waals surface area contributed by atoms with Gasteiger partial charge in [0.05, 0.1) is 16.6 Å². The third-order valence-corrected chi connectivity index (χ3v) is 5.27. The van der Waals surface area contributed by atoms with Crippen LogP contribution in [0.5, 0.6) is 11.5 Å². The molecule has 0 spiro atoms. The Kier molecular flexibility index (Phi) is 7.10. The van der Waals surface area contributed by atoms with E-state index in [-0.39, 0.29) is 11.9 Å². The first-order chi connectivity index (χ1) is 13.9. The maximum Gasteiger partial charge on any atom is 0.343 e. The molecule has 0 bridgehead atoms. The predicted octanol–water partition coefficient (Wildman–Crippen LogP) is 6.72. The minimum absolute atomic E-state index is 0.269. The molecule has 3 rings (SSSR count). The fourth-order valence-electron chi connectivity index (χ4n) is 3.03. The predicted molar refractivity (Wildman–Crippen MR) is 120 cm³/mol. The number of rotatable bonds is 7. The first-order valence-electron chi connectivity index (χ1n) is 9.73. The number of halogens is 1. The highest BCUT2D eigenvalue weighted by Gasteiger charge is 2.15. The lowest BCUT2D eigenvalue weighted by Crippen LogP contribution is -2.11. The Morgan fingerprint density at radius 2 is 1.72 bits per heavy atom. The van der Waals surface area contributed by atoms with Gasteiger partial charge in [-0.2, -0.15) is 0 Å². The molecule has 4 heteroatoms. The second kappa shape index (κ2) is 9.75. The van der Waals surface area contributed by atoms with Crippen LogP contribution in [0.1, 0.15) is 46.8 Å². The molecule has 0 saturated carbocycles. The van der Waals surface area contributed by atoms with Gasteiger partial charge in [-0.1, -0.05) is 56.3 Å². The first kappa shape index (κ1) is 21.1. The Balaban J connectivity index is 1.66. The van der Waals surface area contributed by atoms with E-state index in [2.05, 4.69) is 41.9 Å². The molecule has 3 aromatic rings. The Bertz CT molecular complexity index is 981. The first-order valence-corrected chi connectivity index (χ1v) is 10.5. The van der Waals surface area contributed by atoms with Crippen molar-refractivity contribution in [2.45, 2.75) is 33.1 Å². The quantitative estimate of drug-likeness (QED) is 0.294. The standard InChI is InChI=1S/C25H25BrO3/c1-17(2)21-11-9-18(3)15-24(21)29-25(27)20-10-12-23(22(26)16-20)28-14-13-19-7-5-4-6-8-19/h4-12,15-17H,13-14H2,1-3H3. The number of benzene rings is 3. The largest absolute Gasteiger partial charge is 0.492 e. The van der Waals surface area contributed by atoms with Crippen molar-refractivity contribution < 1.29 is 14.3 Å². The van der Waals surface area contributed by atoms with E-state index in [0.717, 1.165) is 22.0 Å². The van der Waals surface area contributed by atoms with Crippen LogP contribution in [0.25, 0.3) is 0 Å². The van der Waals surface area contributed by atoms with E-state index in [9.17, 15) is 4.79 Å². The maximum absolute atomic E-state index is 12.7. The Hall–Kier alpha value is -2.59. The van der Waals surface area contributed by atoms with Gasteiger partial charge in [0.25, 0.3) is 0 Å². The summed E-state index contributed by atoms with van der Waals surface area (Å²) in [5.41, 5.74) is 3.77. The molecule has 29 heavy (non-hydrogen) atoms. The minimum atomic E-state index is -0.381. The van der Waals surface area contributed by atoms with Gasteiger partial charge in [-0.25, -0.2) is 4.79 Å². The Morgan fingerprint density at radius 3 is 2.41 bits per heavy atom. The molecular formula is C25H25BrO3. The van der Waals surface area contributed by atoms with Gasteiger partial charge < -0.3 is 9.47 Å². The van der Waals surface area contributed by atoms with Crippen LogP contribution in [0.4, 0.5) is 0 Å². The van der Waals surface area contributed by atoms with Gasteiger partial charge >= 0.3 is 5.97 Å². The summed E-state index contributed by atoms with van der Waals surface area (Å²) in [6, 6.07) is 21.4. The van der Waals surface area contributed by atoms with Gasteiger partial charge in [0.15, 0.2) is 0 Å². The average Bonchev–Trinajstić information content (AvgIpc) is 2.69. The molecule has 0 heterocycles. The van der Waals surface area contributed by atoms with Crippen molar-refractivity contribution in [1.29, 1.82) is 0 Å². The number of aryl methyl sites for hydroxylation is 1. The number of esters is 1. The van der Waals surface area contributed by atoms with Crippen molar-refractivity contribution in [2.75, 3.05) is 6.61 Å². The number of carbonyl (C=O) groups excluding carboxylic acids is 1. The lowest BCUT2D eigenvalue weighted by Gasteiger charge is -2.14. The Morgan fingerprint density at radius 1 is 0.966 bits per heavy atom. The van der Waals surface area contributed by atoms with Crippen molar-refractivity contribution in [3.05, 3.63) is 93.5 Å². The normalized spacial score (nSPS) is 10.8. The fraction of sp³-hybridized carbons (Fsp3) is 0.240. The van der Waals surface area contributed by atoms with Crippen molar-refractivity contribution in [1.82, 2.24) is 0 Å². The van der Waals surface area contributed by atoms with Crippen LogP contribution >= 0.6 is 15.9 Å². The molecule has 0 fully saturated rings. The number of carbonyl (C=O) groups is 1. The molecule has 0 aliphatic carbocycles. The molecule has 3 nitrogen and oxygen atoms in total. The SMILES string of the molecule is Cc1ccc(C(C)C)c(OC(=O)c2ccc(OCCc3ccccc3)c(Br)c2)c1. The molecule has 0 saturated heterocycles. The third-order valence-electron chi connectivity index (χ3n) is 4.65. The van der Waals surface area contributed by atoms with Crippen molar-refractivity contribution >= 4 is 21.9 Å². The van der Waals surface area contributed by atoms with E-state index in [0.29, 0.717) is 23.7 Å². The monoisotopic (exact) mass is 452 g/mol. The number of ether oxygens (including phenoxy) is 2. The van der Waals surface area contributed by atoms with E-state index >= 15 is 0 Å². The summed E-state index contributed by atoms with van der Waals surface area (Å²) >= 11 is 3.50. The smallest absolute Gasteiger partial charge is 0.343 e. The highest BCUT2D eigenvalue weighted by molar-refractivity contribution is 9.10. The van der Waals surface area contributed by atoms with Crippen LogP contribution in [0.2, 0.25) is 0 Å². The second-order valence-corrected chi connectivity index (χ2v) is 8.17. The van der Waals surface area contributed by atoms with Gasteiger partial charge in [0.2, 0.25) is 0 Å². The van der Waals surface area contributed by atoms with Crippen molar-refractivity contribution in [3.63, 3.8) is 0 Å². The van der Waals surface area contributed by atoms with E-state index in [1.807, 2.05) is 43.3 Å². The highest BCUT2D eigenvalue weighted by Crippen LogP contribution is 2.30. The number of hydrogen-bond acceptors (Lipinski definition) is 3. The van der Waals surface area contributed by atoms with Crippen LogP contribution in [0, 0.1) is 6.92 Å². The molecule has 3 aromatic carbocycles. The van der Waals surface area contributed by atoms with E-state index in [1.165, 1.54) is 5.56 Å². The summed E-state index contributed by atoms with van der Waals surface area (Å²) < 4.78 is 12.3. The van der Waals surface area contributed by atoms with Crippen LogP contribution in [0.15, 0.2) is 71.2 Å². The van der Waals surface area contributed by atoms with E-state index in [1.54, 1.807) is 18.2 Å². The summed E-state index contributed by atoms with van der Waals surface area (Å²) in [6.07, 6.45) is 0.822. The molecule has 0 unspecified atom stereocenters. The topological polar surface area (TPSA) is 35.5 Å². The minimum Gasteiger partial charge on any atom is -0.492 e. The molecule has 0 aliphatic heterocycles. The van der Waals surface area contributed by atoms with Crippen LogP contribution in [-0.2, 0) is 6.42 Å². The summed E-state index contributed by atoms with van der Waals surface area (Å²) in [4.78, 5) is 12.7. The molecule has 150 valence electrons. The van der Waals surface area contributed by atoms with Crippen LogP contribution < -0.4 is 9.47 Å². The maximum atomic E-state index is 12.7. The third kappa shape index (κ3) is 5.70. The van der Waals surface area contributed by atoms with Crippen molar-refractivity contribution in [3.8, 4) is 11.5 Å². The zero-order chi connectivity index (χ0) is 20.8. The fourth-order valence-corrected chi connectivity index (χ4v) is 3.53. The average molecular weight is 453 g/mol. The zero-order valence-corrected chi connectivity index (χ0v) is 18.5. The highest BCUT2D eigenvalue weighted by atomic mass is 79.9. The molecule has 0 aromatic heterocycles. The molecular weight excluding hydrogens is 428 g/mol. The summed E-state index contributed by atoms with van der Waals surface area (Å²) in [5.74, 6) is 1.21. The summed E-state index contributed by atoms with van der Waals surface area (Å²) in [6.45, 7) is 6.72. The Labute approximate surface area is 180 Å². The lowest BCUT2D eigenvalue weighted by molar-refractivity contribution is 0.0732. The summed E-state index contributed by atoms with van der Waals surface area (Å²) in [7, 11) is 0. The molecule has 0 atom stereocenters. The molecule has 0 aliphatic rings. The van der Waals surface area contributed by atoms with E-state index < -0.39 is 0 Å². The molecule has 0 N–H and O–H groups in total. The zero-order valence-electron chi connectivity index (χ0n) is 16.9. The van der Waals surface area contributed by atoms with Crippen LogP contribution in [-0.4, -0.2) is 12.6 Å². The van der Waals surface area contributed by atoms with Gasteiger partial charge in [-0.05, 0) is 69.7 Å². The van der Waals surface area contributed by atoms with Gasteiger partial charge in [0, 0.05) is 6.42 Å². The van der Waals surface area contributed by atoms with Crippen molar-refractivity contribution in [2.24, 2.45) is 0 Å². The molecule has 0 radical (unpaired) electrons. The van der Waals surface area contributed by atoms with Gasteiger partial charge in [0.1, 0.15) is 11.5 Å². The lowest BCUT2D eigenvalue weighted by atomic mass is 10.0. The van der Waals surface area contributed by atoms with Crippen LogP contribution in [0.3, 0.4) is 0 Å². The number of hydrogen-bond donors (Lipinski definition) is 0. The van der Waals surface area contributed by atoms with Gasteiger partial charge in [-0.15, -0.1) is 0 Å². The van der Waals surface area contributed by atoms with Gasteiger partial charge in [-0.3, -0.25) is 0 Å². The van der Waals surface area contributed by atoms with E-state index in [4.69, 9.17) is 9.47 Å². The second-order valence-electron chi connectivity index (χ2n) is 7.31. The summed E-state index contributed by atoms with van der Waals surface area (Å²) in [5, 5.41) is 0. The molecule has 0 amide bonds.